The number of anilines is 2. The Morgan fingerprint density at radius 3 is 2.04 bits per heavy atom. The van der Waals surface area contributed by atoms with Gasteiger partial charge >= 0.3 is 17.8 Å². The second-order valence-electron chi connectivity index (χ2n) is 30.7. The van der Waals surface area contributed by atoms with Crippen molar-refractivity contribution in [1.82, 2.24) is 44.1 Å². The number of piperazine rings is 1. The van der Waals surface area contributed by atoms with Crippen molar-refractivity contribution >= 4 is 70.2 Å². The number of ether oxygens (including phenoxy) is 4. The maximum absolute atomic E-state index is 18.2. The first-order valence-corrected chi connectivity index (χ1v) is 38.1. The van der Waals surface area contributed by atoms with Crippen molar-refractivity contribution in [3.8, 4) is 34.5 Å². The summed E-state index contributed by atoms with van der Waals surface area (Å²) >= 11 is 0. The second kappa shape index (κ2) is 28.9. The van der Waals surface area contributed by atoms with E-state index in [1.807, 2.05) is 45.6 Å². The first kappa shape index (κ1) is 69.7. The fourth-order valence-electron chi connectivity index (χ4n) is 17.2. The van der Waals surface area contributed by atoms with Crippen LogP contribution in [-0.2, 0) is 19.1 Å². The van der Waals surface area contributed by atoms with Crippen LogP contribution < -0.4 is 30.3 Å². The number of piperidine rings is 4. The van der Waals surface area contributed by atoms with Crippen LogP contribution in [0.15, 0.2) is 53.5 Å². The van der Waals surface area contributed by atoms with Gasteiger partial charge in [0, 0.05) is 81.7 Å². The highest BCUT2D eigenvalue weighted by Gasteiger charge is 2.46. The van der Waals surface area contributed by atoms with Gasteiger partial charge in [-0.2, -0.15) is 9.97 Å². The zero-order valence-corrected chi connectivity index (χ0v) is 60.1. The predicted molar refractivity (Wildman–Crippen MR) is 379 cm³/mol. The summed E-state index contributed by atoms with van der Waals surface area (Å²) in [7, 11) is -0.824. The van der Waals surface area contributed by atoms with Gasteiger partial charge in [0.2, 0.25) is 11.8 Å². The lowest BCUT2D eigenvalue weighted by Crippen LogP contribution is -2.57. The average molecular weight is 1350 g/mol. The standard InChI is InChI=1S/C75H101F2N11O8Si/c1-46(2)86-64-39-54(16-18-62(64)88(73(86)91)63-19-20-65(89)79-71(63)90)84-32-25-52(26-33-84)42-83-30-23-51(24-31-83)37-50-21-28-82(29-22-50)34-35-94-72-80-69-60(70(81-72)85-43-55-14-15-56(44-85)87(55)74(92)96-75(9,10)11)41-78-68(67(69)77)59-40-57(95-45-93-12)38-53-13-17-61(76)58(66(53)59)27-36-97(47(3)4,48(5)6)49(7)8/h13,16-18,38-41,46-52,55-56,63H,14-15,19-26,28-35,37,42-45H2,1-12H3,(H,79,89,90). The third-order valence-electron chi connectivity index (χ3n) is 22.1. The normalized spacial score (nSPS) is 20.7. The van der Waals surface area contributed by atoms with Crippen LogP contribution in [0.3, 0.4) is 0 Å². The molecule has 3 aromatic carbocycles. The molecule has 522 valence electrons. The number of nitrogens with zero attached hydrogens (tertiary/aromatic N) is 10. The van der Waals surface area contributed by atoms with Gasteiger partial charge in [-0.3, -0.25) is 38.8 Å². The summed E-state index contributed by atoms with van der Waals surface area (Å²) in [5.74, 6) is 4.33. The fourth-order valence-corrected chi connectivity index (χ4v) is 22.4. The Labute approximate surface area is 571 Å². The topological polar surface area (TPSA) is 182 Å². The average Bonchev–Trinajstić information content (AvgIpc) is 1.71. The molecule has 3 atom stereocenters. The van der Waals surface area contributed by atoms with Gasteiger partial charge in [-0.1, -0.05) is 53.5 Å². The number of fused-ring (bicyclic) bond motifs is 5. The highest BCUT2D eigenvalue weighted by molar-refractivity contribution is 6.90. The zero-order chi connectivity index (χ0) is 68.8. The first-order valence-electron chi connectivity index (χ1n) is 35.9. The molecule has 97 heavy (non-hydrogen) atoms. The number of aromatic nitrogens is 5. The Balaban J connectivity index is 0.701. The molecule has 6 aliphatic heterocycles. The molecule has 19 nitrogen and oxygen atoms in total. The lowest BCUT2D eigenvalue weighted by Gasteiger charge is -2.42. The Kier molecular flexibility index (Phi) is 20.8. The number of rotatable bonds is 19. The van der Waals surface area contributed by atoms with E-state index >= 15 is 8.78 Å². The van der Waals surface area contributed by atoms with Crippen molar-refractivity contribution in [2.24, 2.45) is 17.8 Å². The first-order chi connectivity index (χ1) is 46.4. The number of nitrogens with one attached hydrogen (secondary N) is 1. The Bertz CT molecular complexity index is 3980. The van der Waals surface area contributed by atoms with Crippen molar-refractivity contribution < 1.29 is 42.1 Å². The molecule has 0 aliphatic carbocycles. The van der Waals surface area contributed by atoms with E-state index in [1.54, 1.807) is 33.5 Å². The summed E-state index contributed by atoms with van der Waals surface area (Å²) in [5, 5.41) is 3.86. The molecule has 6 saturated heterocycles. The molecule has 0 saturated carbocycles. The molecule has 0 radical (unpaired) electrons. The van der Waals surface area contributed by atoms with Gasteiger partial charge in [-0.25, -0.2) is 18.4 Å². The van der Waals surface area contributed by atoms with Gasteiger partial charge in [0.1, 0.15) is 54.9 Å². The van der Waals surface area contributed by atoms with Gasteiger partial charge in [0.05, 0.1) is 34.1 Å². The van der Waals surface area contributed by atoms with Crippen LogP contribution >= 0.6 is 0 Å². The number of halogens is 2. The Morgan fingerprint density at radius 2 is 1.41 bits per heavy atom. The molecule has 6 aliphatic rings. The van der Waals surface area contributed by atoms with Crippen molar-refractivity contribution in [2.75, 3.05) is 95.8 Å². The quantitative estimate of drug-likeness (QED) is 0.0350. The highest BCUT2D eigenvalue weighted by Crippen LogP contribution is 2.44. The van der Waals surface area contributed by atoms with Crippen LogP contribution in [0.5, 0.6) is 11.8 Å². The molecular formula is C75H101F2N11O8Si. The number of carbonyl (C=O) groups is 3. The van der Waals surface area contributed by atoms with E-state index in [4.69, 9.17) is 33.9 Å². The van der Waals surface area contributed by atoms with Gasteiger partial charge in [-0.05, 0) is 201 Å². The number of likely N-dealkylation sites (tertiary alicyclic amines) is 2. The van der Waals surface area contributed by atoms with Crippen molar-refractivity contribution in [3.63, 3.8) is 0 Å². The number of methoxy groups -OCH3 is 1. The molecule has 6 aromatic rings. The SMILES string of the molecule is COCOc1cc(-c2ncc3c(N4CC5CCC(C4)N5C(=O)OC(C)(C)C)nc(OCCN4CCC(CC5CCN(CC6CCN(c7ccc8c(c7)n(C(C)C)c(=O)n8C7CCC(=O)NC7=O)CC6)CC5)CC4)nc3c2F)c2c(C#C[Si](C(C)C)(C(C)C)C(C)C)c(F)ccc2c1. The molecule has 3 amide bonds. The van der Waals surface area contributed by atoms with E-state index in [1.165, 1.54) is 32.4 Å². The third kappa shape index (κ3) is 14.5. The molecule has 22 heteroatoms. The second-order valence-corrected chi connectivity index (χ2v) is 36.3. The van der Waals surface area contributed by atoms with Crippen LogP contribution in [0.25, 0.3) is 44.0 Å². The summed E-state index contributed by atoms with van der Waals surface area (Å²) in [6.07, 6.45) is 11.6. The largest absolute Gasteiger partial charge is 0.468 e. The number of hydrogen-bond acceptors (Lipinski definition) is 15. The highest BCUT2D eigenvalue weighted by atomic mass is 28.3. The number of carbonyl (C=O) groups excluding carboxylic acids is 3. The molecule has 9 heterocycles. The van der Waals surface area contributed by atoms with Crippen LogP contribution in [0, 0.1) is 40.9 Å². The van der Waals surface area contributed by atoms with Crippen molar-refractivity contribution in [2.45, 2.75) is 193 Å². The maximum Gasteiger partial charge on any atom is 0.410 e. The van der Waals surface area contributed by atoms with Crippen LogP contribution in [-0.4, -0.2) is 168 Å². The van der Waals surface area contributed by atoms with E-state index < -0.39 is 37.3 Å². The smallest absolute Gasteiger partial charge is 0.410 e. The van der Waals surface area contributed by atoms with Crippen LogP contribution in [0.4, 0.5) is 25.1 Å². The van der Waals surface area contributed by atoms with Gasteiger partial charge in [-0.15, -0.1) is 5.54 Å². The molecule has 6 fully saturated rings. The minimum Gasteiger partial charge on any atom is -0.468 e. The van der Waals surface area contributed by atoms with Gasteiger partial charge in [0.15, 0.2) is 12.6 Å². The summed E-state index contributed by atoms with van der Waals surface area (Å²) in [4.78, 5) is 78.7. The summed E-state index contributed by atoms with van der Waals surface area (Å²) < 4.78 is 61.9. The van der Waals surface area contributed by atoms with E-state index in [2.05, 4.69) is 90.1 Å². The van der Waals surface area contributed by atoms with Crippen LogP contribution in [0.2, 0.25) is 16.6 Å². The molecule has 3 aromatic heterocycles. The number of benzene rings is 3. The number of pyridine rings is 1. The van der Waals surface area contributed by atoms with Gasteiger partial charge in [0.25, 0.3) is 0 Å². The summed E-state index contributed by atoms with van der Waals surface area (Å²) in [6.45, 7) is 31.9. The van der Waals surface area contributed by atoms with Crippen molar-refractivity contribution in [1.29, 1.82) is 0 Å². The molecule has 0 spiro atoms. The van der Waals surface area contributed by atoms with Gasteiger partial charge < -0.3 is 33.6 Å². The number of hydrogen-bond donors (Lipinski definition) is 1. The summed E-state index contributed by atoms with van der Waals surface area (Å²) in [5.41, 5.74) is 6.83. The minimum absolute atomic E-state index is 0.0150. The Hall–Kier alpha value is -7.19. The van der Waals surface area contributed by atoms with E-state index in [9.17, 15) is 19.2 Å². The minimum atomic E-state index is -2.35. The molecule has 12 rings (SSSR count). The number of imidazole rings is 1. The number of imide groups is 1. The monoisotopic (exact) mass is 1350 g/mol. The van der Waals surface area contributed by atoms with E-state index in [0.717, 1.165) is 107 Å². The molecule has 1 N–H and O–H groups in total. The fraction of sp³-hybridized carbons (Fsp3) is 0.613. The lowest BCUT2D eigenvalue weighted by atomic mass is 9.82. The lowest BCUT2D eigenvalue weighted by molar-refractivity contribution is -0.135. The van der Waals surface area contributed by atoms with Crippen LogP contribution in [0.1, 0.15) is 164 Å². The zero-order valence-electron chi connectivity index (χ0n) is 59.1. The molecule has 2 bridgehead atoms. The molecule has 3 unspecified atom stereocenters. The van der Waals surface area contributed by atoms with E-state index in [0.29, 0.717) is 94.4 Å². The number of amides is 3. The maximum atomic E-state index is 18.2. The Morgan fingerprint density at radius 1 is 0.753 bits per heavy atom. The van der Waals surface area contributed by atoms with Crippen molar-refractivity contribution in [3.05, 3.63) is 76.3 Å². The third-order valence-corrected chi connectivity index (χ3v) is 28.4. The molecular weight excluding hydrogens is 1250 g/mol. The van der Waals surface area contributed by atoms with E-state index in [-0.39, 0.29) is 71.8 Å². The predicted octanol–water partition coefficient (Wildman–Crippen LogP) is 13.0. The summed E-state index contributed by atoms with van der Waals surface area (Å²) in [6, 6.07) is 11.7.